The molecule has 0 aromatic carbocycles. The van der Waals surface area contributed by atoms with E-state index in [-0.39, 0.29) is 0 Å². The van der Waals surface area contributed by atoms with Crippen LogP contribution in [0.4, 0.5) is 0 Å². The minimum atomic E-state index is 0.693. The number of hydrogen-bond donors (Lipinski definition) is 0. The van der Waals surface area contributed by atoms with Crippen molar-refractivity contribution >= 4 is 0 Å². The third kappa shape index (κ3) is 5.27. The van der Waals surface area contributed by atoms with Crippen LogP contribution in [-0.2, 0) is 0 Å². The van der Waals surface area contributed by atoms with E-state index < -0.39 is 0 Å². The number of piperidine rings is 2. The molecular weight excluding hydrogens is 220 g/mol. The van der Waals surface area contributed by atoms with Gasteiger partial charge in [-0.3, -0.25) is 0 Å². The van der Waals surface area contributed by atoms with Crippen molar-refractivity contribution in [2.75, 3.05) is 39.8 Å². The fourth-order valence-corrected chi connectivity index (χ4v) is 3.21. The number of hydrogen-bond acceptors (Lipinski definition) is 2. The van der Waals surface area contributed by atoms with E-state index in [4.69, 9.17) is 0 Å². The molecule has 2 aliphatic heterocycles. The van der Waals surface area contributed by atoms with Crippen LogP contribution in [0.5, 0.6) is 0 Å². The second kappa shape index (κ2) is 9.80. The molecule has 0 atom stereocenters. The Bertz CT molecular complexity index is 184. The van der Waals surface area contributed by atoms with Crippen molar-refractivity contribution in [1.29, 1.82) is 0 Å². The molecule has 2 rings (SSSR count). The van der Waals surface area contributed by atoms with E-state index >= 15 is 0 Å². The van der Waals surface area contributed by atoms with Gasteiger partial charge in [-0.15, -0.1) is 0 Å². The van der Waals surface area contributed by atoms with Crippen molar-refractivity contribution in [3.8, 4) is 0 Å². The van der Waals surface area contributed by atoms with Gasteiger partial charge in [0.15, 0.2) is 0 Å². The molecule has 0 aromatic heterocycles. The number of nitrogens with zero attached hydrogens (tertiary/aromatic N) is 2. The fraction of sp³-hybridized carbons (Fsp3) is 1.00. The first-order valence-electron chi connectivity index (χ1n) is 8.15. The van der Waals surface area contributed by atoms with Gasteiger partial charge in [0.1, 0.15) is 0 Å². The molecule has 2 aliphatic rings. The van der Waals surface area contributed by atoms with Crippen molar-refractivity contribution in [2.45, 2.75) is 60.3 Å². The molecule has 0 bridgehead atoms. The van der Waals surface area contributed by atoms with Crippen LogP contribution in [-0.4, -0.2) is 49.6 Å². The largest absolute Gasteiger partial charge is 0.306 e. The zero-order chi connectivity index (χ0) is 14.0. The molecule has 0 saturated carbocycles. The van der Waals surface area contributed by atoms with Gasteiger partial charge >= 0.3 is 0 Å². The average molecular weight is 256 g/mol. The smallest absolute Gasteiger partial charge is 0.00359 e. The molecule has 0 unspecified atom stereocenters. The van der Waals surface area contributed by atoms with Crippen LogP contribution >= 0.6 is 0 Å². The van der Waals surface area contributed by atoms with E-state index in [1.807, 2.05) is 27.7 Å². The maximum absolute atomic E-state index is 2.60. The Hall–Kier alpha value is -0.0800. The monoisotopic (exact) mass is 256 g/mol. The minimum absolute atomic E-state index is 0.693. The van der Waals surface area contributed by atoms with E-state index in [9.17, 15) is 0 Å². The molecule has 2 heteroatoms. The summed E-state index contributed by atoms with van der Waals surface area (Å²) in [6, 6.07) is 0. The summed E-state index contributed by atoms with van der Waals surface area (Å²) in [5.74, 6) is 0. The van der Waals surface area contributed by atoms with Gasteiger partial charge in [0.2, 0.25) is 0 Å². The molecule has 0 aliphatic carbocycles. The van der Waals surface area contributed by atoms with Crippen LogP contribution < -0.4 is 0 Å². The Morgan fingerprint density at radius 2 is 1.44 bits per heavy atom. The van der Waals surface area contributed by atoms with Crippen molar-refractivity contribution in [3.63, 3.8) is 0 Å². The Balaban J connectivity index is 0.000000659. The van der Waals surface area contributed by atoms with E-state index in [1.54, 1.807) is 0 Å². The molecule has 2 nitrogen and oxygen atoms in total. The Morgan fingerprint density at radius 3 is 1.89 bits per heavy atom. The molecule has 0 aromatic rings. The molecular formula is C16H36N2. The predicted molar refractivity (Wildman–Crippen MR) is 83.2 cm³/mol. The molecule has 1 spiro atoms. The Kier molecular flexibility index (Phi) is 9.76. The van der Waals surface area contributed by atoms with Gasteiger partial charge in [-0.25, -0.2) is 0 Å². The highest BCUT2D eigenvalue weighted by molar-refractivity contribution is 4.90. The van der Waals surface area contributed by atoms with Gasteiger partial charge in [0.25, 0.3) is 0 Å². The van der Waals surface area contributed by atoms with Gasteiger partial charge in [-0.2, -0.15) is 0 Å². The molecule has 2 saturated heterocycles. The van der Waals surface area contributed by atoms with Gasteiger partial charge < -0.3 is 9.80 Å². The van der Waals surface area contributed by atoms with Crippen LogP contribution in [0, 0.1) is 5.41 Å². The maximum atomic E-state index is 2.60. The molecule has 0 N–H and O–H groups in total. The van der Waals surface area contributed by atoms with E-state index in [0.717, 1.165) is 0 Å². The lowest BCUT2D eigenvalue weighted by Crippen LogP contribution is -2.48. The highest BCUT2D eigenvalue weighted by Crippen LogP contribution is 2.39. The Morgan fingerprint density at radius 1 is 0.889 bits per heavy atom. The summed E-state index contributed by atoms with van der Waals surface area (Å²) in [5.41, 5.74) is 0.693. The van der Waals surface area contributed by atoms with Crippen molar-refractivity contribution in [1.82, 2.24) is 9.80 Å². The van der Waals surface area contributed by atoms with Gasteiger partial charge in [-0.05, 0) is 64.3 Å². The lowest BCUT2D eigenvalue weighted by Gasteiger charge is -2.46. The first-order chi connectivity index (χ1) is 8.74. The van der Waals surface area contributed by atoms with Crippen molar-refractivity contribution in [2.24, 2.45) is 5.41 Å². The molecule has 110 valence electrons. The van der Waals surface area contributed by atoms with Crippen LogP contribution in [0.25, 0.3) is 0 Å². The normalized spacial score (nSPS) is 23.7. The quantitative estimate of drug-likeness (QED) is 0.703. The topological polar surface area (TPSA) is 6.48 Å². The number of likely N-dealkylation sites (tertiary alicyclic amines) is 2. The third-order valence-corrected chi connectivity index (χ3v) is 4.22. The molecule has 2 fully saturated rings. The molecule has 0 amide bonds. The summed E-state index contributed by atoms with van der Waals surface area (Å²) < 4.78 is 0. The maximum Gasteiger partial charge on any atom is 0.00359 e. The second-order valence-electron chi connectivity index (χ2n) is 5.28. The molecule has 18 heavy (non-hydrogen) atoms. The van der Waals surface area contributed by atoms with Crippen LogP contribution in [0.15, 0.2) is 0 Å². The second-order valence-corrected chi connectivity index (χ2v) is 5.28. The SMILES string of the molecule is CC.CC.CCN1CCC2(CCCN(C)C2)CC1. The fourth-order valence-electron chi connectivity index (χ4n) is 3.21. The van der Waals surface area contributed by atoms with Gasteiger partial charge in [0, 0.05) is 6.54 Å². The van der Waals surface area contributed by atoms with Crippen molar-refractivity contribution < 1.29 is 0 Å². The standard InChI is InChI=1S/C12H24N2.2C2H6/c1-3-14-9-6-12(7-10-14)5-4-8-13(2)11-12;2*1-2/h3-11H2,1-2H3;2*1-2H3. The van der Waals surface area contributed by atoms with E-state index in [1.165, 1.54) is 58.4 Å². The lowest BCUT2D eigenvalue weighted by molar-refractivity contribution is 0.0361. The molecule has 2 heterocycles. The van der Waals surface area contributed by atoms with E-state index in [2.05, 4.69) is 23.8 Å². The third-order valence-electron chi connectivity index (χ3n) is 4.22. The zero-order valence-electron chi connectivity index (χ0n) is 13.8. The highest BCUT2D eigenvalue weighted by Gasteiger charge is 2.36. The summed E-state index contributed by atoms with van der Waals surface area (Å²) in [5, 5.41) is 0. The van der Waals surface area contributed by atoms with E-state index in [0.29, 0.717) is 5.41 Å². The first kappa shape index (κ1) is 17.9. The zero-order valence-corrected chi connectivity index (χ0v) is 13.8. The van der Waals surface area contributed by atoms with Crippen LogP contribution in [0.3, 0.4) is 0 Å². The summed E-state index contributed by atoms with van der Waals surface area (Å²) in [6.45, 7) is 16.9. The van der Waals surface area contributed by atoms with Gasteiger partial charge in [0.05, 0.1) is 0 Å². The Labute approximate surface area is 116 Å². The summed E-state index contributed by atoms with van der Waals surface area (Å²) in [4.78, 5) is 5.13. The number of rotatable bonds is 1. The first-order valence-corrected chi connectivity index (χ1v) is 8.15. The minimum Gasteiger partial charge on any atom is -0.306 e. The summed E-state index contributed by atoms with van der Waals surface area (Å²) >= 11 is 0. The van der Waals surface area contributed by atoms with Gasteiger partial charge in [-0.1, -0.05) is 34.6 Å². The summed E-state index contributed by atoms with van der Waals surface area (Å²) in [7, 11) is 2.28. The van der Waals surface area contributed by atoms with Crippen LogP contribution in [0.2, 0.25) is 0 Å². The average Bonchev–Trinajstić information content (AvgIpc) is 2.44. The van der Waals surface area contributed by atoms with Crippen LogP contribution in [0.1, 0.15) is 60.3 Å². The highest BCUT2D eigenvalue weighted by atomic mass is 15.1. The molecule has 0 radical (unpaired) electrons. The lowest BCUT2D eigenvalue weighted by atomic mass is 9.72. The van der Waals surface area contributed by atoms with Crippen molar-refractivity contribution in [3.05, 3.63) is 0 Å². The predicted octanol–water partition coefficient (Wildman–Crippen LogP) is 3.87. The summed E-state index contributed by atoms with van der Waals surface area (Å²) in [6.07, 6.45) is 5.77.